The maximum atomic E-state index is 15.1. The molecule has 0 N–H and O–H groups in total. The van der Waals surface area contributed by atoms with E-state index in [1.807, 2.05) is 6.92 Å². The van der Waals surface area contributed by atoms with Gasteiger partial charge >= 0.3 is 0 Å². The number of rotatable bonds is 6. The number of hydrogen-bond acceptors (Lipinski definition) is 1. The predicted molar refractivity (Wildman–Crippen MR) is 135 cm³/mol. The van der Waals surface area contributed by atoms with Gasteiger partial charge in [0.2, 0.25) is 0 Å². The summed E-state index contributed by atoms with van der Waals surface area (Å²) in [5.41, 5.74) is 2.31. The Labute approximate surface area is 209 Å². The lowest BCUT2D eigenvalue weighted by Crippen LogP contribution is -2.13. The summed E-state index contributed by atoms with van der Waals surface area (Å²) in [5.74, 6) is -2.82. The zero-order valence-electron chi connectivity index (χ0n) is 20.1. The molecule has 36 heavy (non-hydrogen) atoms. The maximum absolute atomic E-state index is 15.1. The van der Waals surface area contributed by atoms with Crippen molar-refractivity contribution in [3.8, 4) is 11.1 Å². The summed E-state index contributed by atoms with van der Waals surface area (Å²) in [5, 5.41) is 0. The van der Waals surface area contributed by atoms with Crippen molar-refractivity contribution in [3.63, 3.8) is 0 Å². The van der Waals surface area contributed by atoms with Crippen molar-refractivity contribution < 1.29 is 22.3 Å². The zero-order valence-corrected chi connectivity index (χ0v) is 20.1. The molecule has 2 fully saturated rings. The molecule has 1 nitrogen and oxygen atoms in total. The van der Waals surface area contributed by atoms with E-state index < -0.39 is 23.3 Å². The van der Waals surface area contributed by atoms with Gasteiger partial charge in [-0.15, -0.1) is 0 Å². The van der Waals surface area contributed by atoms with Crippen LogP contribution in [0.3, 0.4) is 0 Å². The molecule has 5 heteroatoms. The highest BCUT2D eigenvalue weighted by molar-refractivity contribution is 5.73. The molecule has 186 valence electrons. The Hall–Kier alpha value is -3.18. The molecular formula is C31H28F4O. The number of halogens is 4. The van der Waals surface area contributed by atoms with Crippen molar-refractivity contribution in [2.45, 2.75) is 44.6 Å². The van der Waals surface area contributed by atoms with Crippen LogP contribution in [0, 0.1) is 29.2 Å². The Bertz CT molecular complexity index is 1300. The van der Waals surface area contributed by atoms with Crippen molar-refractivity contribution in [2.24, 2.45) is 5.92 Å². The quantitative estimate of drug-likeness (QED) is 0.145. The molecular weight excluding hydrogens is 464 g/mol. The Kier molecular flexibility index (Phi) is 7.10. The summed E-state index contributed by atoms with van der Waals surface area (Å²) >= 11 is 0. The third-order valence-corrected chi connectivity index (χ3v) is 7.29. The normalized spacial score (nSPS) is 22.0. The minimum Gasteiger partial charge on any atom is -0.368 e. The SMILES string of the molecule is C/C=C/C1CCC(c2ccc(-c3ccc(/C=C/c4ccc(C5CO5)c(F)c4F)cc3)c(F)c2F)CC1. The van der Waals surface area contributed by atoms with Crippen LogP contribution in [0.15, 0.2) is 60.7 Å². The minimum atomic E-state index is -0.913. The van der Waals surface area contributed by atoms with Crippen LogP contribution >= 0.6 is 0 Å². The lowest BCUT2D eigenvalue weighted by atomic mass is 9.78. The van der Waals surface area contributed by atoms with Crippen LogP contribution in [0.2, 0.25) is 0 Å². The molecule has 1 unspecified atom stereocenters. The molecule has 1 atom stereocenters. The molecule has 3 aromatic rings. The van der Waals surface area contributed by atoms with Crippen LogP contribution < -0.4 is 0 Å². The van der Waals surface area contributed by atoms with Crippen molar-refractivity contribution in [1.29, 1.82) is 0 Å². The van der Waals surface area contributed by atoms with Gasteiger partial charge in [-0.05, 0) is 61.1 Å². The summed E-state index contributed by atoms with van der Waals surface area (Å²) in [6.07, 6.45) is 10.7. The van der Waals surface area contributed by atoms with E-state index >= 15 is 8.78 Å². The van der Waals surface area contributed by atoms with Gasteiger partial charge < -0.3 is 4.74 Å². The highest BCUT2D eigenvalue weighted by atomic mass is 19.2. The number of epoxide rings is 1. The standard InChI is InChI=1S/C31H28F4O/c1-2-3-19-4-9-21(10-5-19)24-16-17-25(30(34)29(24)33)22-11-6-20(7-12-22)8-13-23-14-15-26(27-18-36-27)31(35)28(23)32/h2-3,6-8,11-17,19,21,27H,4-5,9-10,18H2,1H3/b3-2+,13-8+. The molecule has 0 aromatic heterocycles. The maximum Gasteiger partial charge on any atom is 0.166 e. The summed E-state index contributed by atoms with van der Waals surface area (Å²) in [7, 11) is 0. The lowest BCUT2D eigenvalue weighted by molar-refractivity contribution is 0.364. The van der Waals surface area contributed by atoms with E-state index in [0.717, 1.165) is 31.2 Å². The molecule has 1 aliphatic carbocycles. The van der Waals surface area contributed by atoms with Gasteiger partial charge in [0.25, 0.3) is 0 Å². The summed E-state index contributed by atoms with van der Waals surface area (Å²) in [6, 6.07) is 13.3. The van der Waals surface area contributed by atoms with Crippen molar-refractivity contribution >= 4 is 12.2 Å². The summed E-state index contributed by atoms with van der Waals surface area (Å²) in [6.45, 7) is 2.41. The minimum absolute atomic E-state index is 0.0404. The first-order valence-corrected chi connectivity index (χ1v) is 12.4. The molecule has 3 aromatic carbocycles. The zero-order chi connectivity index (χ0) is 25.2. The Balaban J connectivity index is 1.30. The van der Waals surface area contributed by atoms with E-state index in [-0.39, 0.29) is 28.7 Å². The van der Waals surface area contributed by atoms with Crippen molar-refractivity contribution in [2.75, 3.05) is 6.61 Å². The smallest absolute Gasteiger partial charge is 0.166 e. The first-order chi connectivity index (χ1) is 17.5. The highest BCUT2D eigenvalue weighted by Gasteiger charge is 2.30. The monoisotopic (exact) mass is 492 g/mol. The van der Waals surface area contributed by atoms with E-state index in [1.54, 1.807) is 42.5 Å². The van der Waals surface area contributed by atoms with Gasteiger partial charge in [-0.1, -0.05) is 72.8 Å². The van der Waals surface area contributed by atoms with Gasteiger partial charge in [0, 0.05) is 16.7 Å². The topological polar surface area (TPSA) is 12.5 Å². The van der Waals surface area contributed by atoms with Crippen molar-refractivity contribution in [1.82, 2.24) is 0 Å². The molecule has 1 heterocycles. The van der Waals surface area contributed by atoms with Gasteiger partial charge in [-0.2, -0.15) is 0 Å². The molecule has 0 bridgehead atoms. The van der Waals surface area contributed by atoms with Gasteiger partial charge in [0.05, 0.1) is 6.61 Å². The van der Waals surface area contributed by atoms with Gasteiger partial charge in [0.15, 0.2) is 23.3 Å². The fourth-order valence-electron chi connectivity index (χ4n) is 5.14. The fraction of sp³-hybridized carbons (Fsp3) is 0.290. The fourth-order valence-corrected chi connectivity index (χ4v) is 5.14. The molecule has 5 rings (SSSR count). The highest BCUT2D eigenvalue weighted by Crippen LogP contribution is 2.39. The first-order valence-electron chi connectivity index (χ1n) is 12.4. The Morgan fingerprint density at radius 3 is 2.06 bits per heavy atom. The second kappa shape index (κ2) is 10.4. The number of ether oxygens (including phenoxy) is 1. The third kappa shape index (κ3) is 5.03. The van der Waals surface area contributed by atoms with Gasteiger partial charge in [-0.3, -0.25) is 0 Å². The van der Waals surface area contributed by atoms with E-state index in [0.29, 0.717) is 23.7 Å². The van der Waals surface area contributed by atoms with E-state index in [4.69, 9.17) is 4.74 Å². The predicted octanol–water partition coefficient (Wildman–Crippen LogP) is 9.00. The van der Waals surface area contributed by atoms with Crippen LogP contribution in [-0.2, 0) is 4.74 Å². The van der Waals surface area contributed by atoms with Gasteiger partial charge in [0.1, 0.15) is 6.10 Å². The van der Waals surface area contributed by atoms with Crippen molar-refractivity contribution in [3.05, 3.63) is 106 Å². The third-order valence-electron chi connectivity index (χ3n) is 7.29. The van der Waals surface area contributed by atoms with E-state index in [1.165, 1.54) is 18.2 Å². The number of hydrogen-bond donors (Lipinski definition) is 0. The average molecular weight is 493 g/mol. The second-order valence-corrected chi connectivity index (χ2v) is 9.62. The Morgan fingerprint density at radius 2 is 1.39 bits per heavy atom. The van der Waals surface area contributed by atoms with Crippen LogP contribution in [-0.4, -0.2) is 6.61 Å². The lowest BCUT2D eigenvalue weighted by Gasteiger charge is -2.27. The van der Waals surface area contributed by atoms with E-state index in [9.17, 15) is 8.78 Å². The molecule has 0 radical (unpaired) electrons. The molecule has 1 saturated carbocycles. The van der Waals surface area contributed by atoms with Crippen LogP contribution in [0.1, 0.15) is 66.9 Å². The summed E-state index contributed by atoms with van der Waals surface area (Å²) in [4.78, 5) is 0. The van der Waals surface area contributed by atoms with Gasteiger partial charge in [-0.25, -0.2) is 17.6 Å². The average Bonchev–Trinajstić information content (AvgIpc) is 3.73. The first kappa shape index (κ1) is 24.5. The number of allylic oxidation sites excluding steroid dienone is 2. The van der Waals surface area contributed by atoms with E-state index in [2.05, 4.69) is 12.2 Å². The number of benzene rings is 3. The summed E-state index contributed by atoms with van der Waals surface area (Å²) < 4.78 is 63.7. The molecule has 1 saturated heterocycles. The molecule has 0 amide bonds. The second-order valence-electron chi connectivity index (χ2n) is 9.62. The molecule has 1 aliphatic heterocycles. The molecule has 0 spiro atoms. The van der Waals surface area contributed by atoms with Crippen LogP contribution in [0.4, 0.5) is 17.6 Å². The largest absolute Gasteiger partial charge is 0.368 e. The van der Waals surface area contributed by atoms with Crippen LogP contribution in [0.5, 0.6) is 0 Å². The Morgan fingerprint density at radius 1 is 0.722 bits per heavy atom. The molecule has 2 aliphatic rings. The van der Waals surface area contributed by atoms with Crippen LogP contribution in [0.25, 0.3) is 23.3 Å².